The third-order valence-corrected chi connectivity index (χ3v) is 3.66. The van der Waals surface area contributed by atoms with E-state index in [0.717, 1.165) is 0 Å². The predicted octanol–water partition coefficient (Wildman–Crippen LogP) is 3.44. The van der Waals surface area contributed by atoms with Gasteiger partial charge in [-0.25, -0.2) is 14.4 Å². The highest BCUT2D eigenvalue weighted by molar-refractivity contribution is 6.31. The van der Waals surface area contributed by atoms with E-state index in [2.05, 4.69) is 10.1 Å². The summed E-state index contributed by atoms with van der Waals surface area (Å²) in [6.45, 7) is 6.95. The molecular weight excluding hydrogens is 362 g/mol. The highest BCUT2D eigenvalue weighted by Gasteiger charge is 2.28. The maximum Gasteiger partial charge on any atom is 0.419 e. The summed E-state index contributed by atoms with van der Waals surface area (Å²) in [5.74, 6) is 0. The summed E-state index contributed by atoms with van der Waals surface area (Å²) >= 11 is 6.21. The van der Waals surface area contributed by atoms with Gasteiger partial charge in [-0.05, 0) is 33.8 Å². The van der Waals surface area contributed by atoms with E-state index < -0.39 is 24.4 Å². The van der Waals surface area contributed by atoms with Crippen molar-refractivity contribution in [2.24, 2.45) is 5.73 Å². The Morgan fingerprint density at radius 3 is 2.31 bits per heavy atom. The summed E-state index contributed by atoms with van der Waals surface area (Å²) in [4.78, 5) is 36.3. The van der Waals surface area contributed by atoms with Crippen molar-refractivity contribution in [3.8, 4) is 0 Å². The van der Waals surface area contributed by atoms with Gasteiger partial charge in [0.25, 0.3) is 0 Å². The summed E-state index contributed by atoms with van der Waals surface area (Å²) in [5, 5.41) is 2.99. The molecule has 1 rings (SSSR count). The van der Waals surface area contributed by atoms with Crippen LogP contribution in [-0.2, 0) is 9.47 Å². The van der Waals surface area contributed by atoms with E-state index in [1.807, 2.05) is 0 Å². The Bertz CT molecular complexity index is 651. The molecule has 0 fully saturated rings. The molecular formula is C17H24ClN3O5. The van der Waals surface area contributed by atoms with E-state index in [0.29, 0.717) is 10.6 Å². The Morgan fingerprint density at radius 1 is 1.19 bits per heavy atom. The number of hydrogen-bond acceptors (Lipinski definition) is 5. The number of benzene rings is 1. The zero-order valence-corrected chi connectivity index (χ0v) is 15.9. The number of rotatable bonds is 6. The molecule has 1 aromatic carbocycles. The molecule has 0 aliphatic heterocycles. The zero-order valence-electron chi connectivity index (χ0n) is 15.2. The first-order valence-corrected chi connectivity index (χ1v) is 8.49. The topological polar surface area (TPSA) is 111 Å². The van der Waals surface area contributed by atoms with Gasteiger partial charge in [0.05, 0.1) is 6.54 Å². The molecule has 0 heterocycles. The first kappa shape index (κ1) is 21.6. The first-order chi connectivity index (χ1) is 12.1. The lowest BCUT2D eigenvalue weighted by Crippen LogP contribution is -2.43. The smallest absolute Gasteiger partial charge is 0.419 e. The fraction of sp³-hybridized carbons (Fsp3) is 0.471. The van der Waals surface area contributed by atoms with Crippen molar-refractivity contribution in [2.75, 3.05) is 6.54 Å². The first-order valence-electron chi connectivity index (χ1n) is 8.11. The zero-order chi connectivity index (χ0) is 19.9. The van der Waals surface area contributed by atoms with Crippen LogP contribution in [-0.4, -0.2) is 41.8 Å². The molecule has 3 N–H and O–H groups in total. The molecule has 9 heteroatoms. The van der Waals surface area contributed by atoms with Crippen molar-refractivity contribution in [3.63, 3.8) is 0 Å². The van der Waals surface area contributed by atoms with Crippen molar-refractivity contribution in [1.29, 1.82) is 0 Å². The Hall–Kier alpha value is -2.48. The summed E-state index contributed by atoms with van der Waals surface area (Å²) in [6, 6.07) is 6.33. The molecule has 0 aliphatic carbocycles. The van der Waals surface area contributed by atoms with E-state index in [-0.39, 0.29) is 18.6 Å². The third kappa shape index (κ3) is 6.79. The van der Waals surface area contributed by atoms with Crippen LogP contribution >= 0.6 is 11.6 Å². The molecule has 0 aromatic heterocycles. The Morgan fingerprint density at radius 2 is 1.81 bits per heavy atom. The van der Waals surface area contributed by atoms with Gasteiger partial charge in [0.2, 0.25) is 0 Å². The molecule has 0 spiro atoms. The van der Waals surface area contributed by atoms with Gasteiger partial charge >= 0.3 is 18.3 Å². The summed E-state index contributed by atoms with van der Waals surface area (Å²) < 4.78 is 9.91. The lowest BCUT2D eigenvalue weighted by molar-refractivity contribution is 0.0538. The largest absolute Gasteiger partial charge is 0.439 e. The fourth-order valence-electron chi connectivity index (χ4n) is 2.15. The van der Waals surface area contributed by atoms with Gasteiger partial charge < -0.3 is 25.4 Å². The molecule has 26 heavy (non-hydrogen) atoms. The van der Waals surface area contributed by atoms with E-state index in [1.54, 1.807) is 52.0 Å². The fourth-order valence-corrected chi connectivity index (χ4v) is 2.41. The van der Waals surface area contributed by atoms with Gasteiger partial charge in [-0.1, -0.05) is 29.8 Å². The van der Waals surface area contributed by atoms with Gasteiger partial charge in [-0.3, -0.25) is 0 Å². The molecule has 0 aliphatic rings. The summed E-state index contributed by atoms with van der Waals surface area (Å²) in [5.41, 5.74) is 5.43. The Balaban J connectivity index is 3.10. The number of ether oxygens (including phenoxy) is 2. The normalized spacial score (nSPS) is 11.8. The molecule has 0 bridgehead atoms. The Kier molecular flexibility index (Phi) is 8.18. The van der Waals surface area contributed by atoms with Crippen LogP contribution in [0.4, 0.5) is 14.4 Å². The number of hydrogen-bond donors (Lipinski definition) is 2. The molecule has 144 valence electrons. The number of carbonyl (C=O) groups is 3. The number of nitrogens with two attached hydrogens (primary N) is 1. The average molecular weight is 386 g/mol. The second-order valence-corrected chi connectivity index (χ2v) is 6.55. The molecule has 1 aromatic rings. The van der Waals surface area contributed by atoms with Crippen molar-refractivity contribution < 1.29 is 23.9 Å². The van der Waals surface area contributed by atoms with E-state index in [1.165, 1.54) is 4.90 Å². The minimum absolute atomic E-state index is 0.0704. The number of carbonyl (C=O) groups excluding carboxylic acids is 3. The molecule has 0 radical (unpaired) electrons. The van der Waals surface area contributed by atoms with Crippen molar-refractivity contribution in [3.05, 3.63) is 34.9 Å². The van der Waals surface area contributed by atoms with E-state index in [9.17, 15) is 14.4 Å². The van der Waals surface area contributed by atoms with Crippen LogP contribution in [0.25, 0.3) is 0 Å². The summed E-state index contributed by atoms with van der Waals surface area (Å²) in [6.07, 6.45) is -3.67. The molecule has 8 nitrogen and oxygen atoms in total. The lowest BCUT2D eigenvalue weighted by Gasteiger charge is -2.30. The molecule has 0 saturated carbocycles. The quantitative estimate of drug-likeness (QED) is 0.728. The highest BCUT2D eigenvalue weighted by Crippen LogP contribution is 2.27. The maximum atomic E-state index is 12.1. The average Bonchev–Trinajstić information content (AvgIpc) is 2.49. The number of primary amides is 1. The number of halogens is 1. The van der Waals surface area contributed by atoms with Gasteiger partial charge in [0.1, 0.15) is 6.10 Å². The monoisotopic (exact) mass is 385 g/mol. The van der Waals surface area contributed by atoms with Crippen LogP contribution in [0.5, 0.6) is 0 Å². The highest BCUT2D eigenvalue weighted by atomic mass is 35.5. The van der Waals surface area contributed by atoms with Crippen LogP contribution in [0.2, 0.25) is 5.02 Å². The maximum absolute atomic E-state index is 12.1. The third-order valence-electron chi connectivity index (χ3n) is 3.32. The number of alkyl carbamates (subject to hydrolysis) is 1. The van der Waals surface area contributed by atoms with Crippen molar-refractivity contribution >= 4 is 29.9 Å². The van der Waals surface area contributed by atoms with Crippen LogP contribution in [0.1, 0.15) is 39.4 Å². The SMILES string of the molecule is CC(C)NC(=O)O[C@@H](CN(C(=O)OC(N)=O)C(C)C)c1ccccc1Cl. The second-order valence-electron chi connectivity index (χ2n) is 6.15. The van der Waals surface area contributed by atoms with Crippen LogP contribution in [0, 0.1) is 0 Å². The lowest BCUT2D eigenvalue weighted by atomic mass is 10.1. The predicted molar refractivity (Wildman–Crippen MR) is 96.9 cm³/mol. The van der Waals surface area contributed by atoms with Crippen LogP contribution in [0.3, 0.4) is 0 Å². The molecule has 0 saturated heterocycles. The standard InChI is InChI=1S/C17H24ClN3O5/c1-10(2)20-16(23)25-14(12-7-5-6-8-13(12)18)9-21(11(3)4)17(24)26-15(19)22/h5-8,10-11,14H,9H2,1-4H3,(H2,19,22)(H,20,23)/t14-/m0/s1. The minimum atomic E-state index is -1.21. The van der Waals surface area contributed by atoms with Gasteiger partial charge in [-0.15, -0.1) is 0 Å². The number of amides is 3. The van der Waals surface area contributed by atoms with Crippen LogP contribution in [0.15, 0.2) is 24.3 Å². The van der Waals surface area contributed by atoms with Gasteiger partial charge in [-0.2, -0.15) is 0 Å². The van der Waals surface area contributed by atoms with Crippen LogP contribution < -0.4 is 11.1 Å². The Labute approximate surface area is 157 Å². The summed E-state index contributed by atoms with van der Waals surface area (Å²) in [7, 11) is 0. The van der Waals surface area contributed by atoms with Crippen molar-refractivity contribution in [2.45, 2.75) is 45.9 Å². The second kappa shape index (κ2) is 9.86. The molecule has 3 amide bonds. The van der Waals surface area contributed by atoms with Crippen molar-refractivity contribution in [1.82, 2.24) is 10.2 Å². The van der Waals surface area contributed by atoms with Gasteiger partial charge in [0.15, 0.2) is 0 Å². The van der Waals surface area contributed by atoms with E-state index >= 15 is 0 Å². The molecule has 0 unspecified atom stereocenters. The van der Waals surface area contributed by atoms with Gasteiger partial charge in [0, 0.05) is 22.7 Å². The molecule has 1 atom stereocenters. The van der Waals surface area contributed by atoms with E-state index in [4.69, 9.17) is 22.1 Å². The minimum Gasteiger partial charge on any atom is -0.439 e. The number of nitrogens with one attached hydrogen (secondary N) is 1. The number of nitrogens with zero attached hydrogens (tertiary/aromatic N) is 1.